The maximum Gasteiger partial charge on any atom is 0.336 e. The molecule has 2 rings (SSSR count). The molecular weight excluding hydrogens is 394 g/mol. The summed E-state index contributed by atoms with van der Waals surface area (Å²) < 4.78 is 5.24. The summed E-state index contributed by atoms with van der Waals surface area (Å²) >= 11 is 6.34. The van der Waals surface area contributed by atoms with Crippen LogP contribution in [0, 0.1) is 0 Å². The minimum absolute atomic E-state index is 0.0460. The Morgan fingerprint density at radius 1 is 1.31 bits per heavy atom. The van der Waals surface area contributed by atoms with Gasteiger partial charge >= 0.3 is 5.97 Å². The van der Waals surface area contributed by atoms with Gasteiger partial charge in [-0.1, -0.05) is 29.8 Å². The van der Waals surface area contributed by atoms with Gasteiger partial charge in [0.05, 0.1) is 39.4 Å². The Labute approximate surface area is 176 Å². The van der Waals surface area contributed by atoms with E-state index in [1.807, 2.05) is 20.2 Å². The second kappa shape index (κ2) is 10.4. The number of allylic oxidation sites excluding steroid dienone is 1. The van der Waals surface area contributed by atoms with Crippen molar-refractivity contribution in [2.75, 3.05) is 40.3 Å². The van der Waals surface area contributed by atoms with Crippen LogP contribution in [0.3, 0.4) is 0 Å². The largest absolute Gasteiger partial charge is 0.463 e. The van der Waals surface area contributed by atoms with Gasteiger partial charge in [0.15, 0.2) is 0 Å². The Bertz CT molecular complexity index is 807. The molecule has 2 N–H and O–H groups in total. The summed E-state index contributed by atoms with van der Waals surface area (Å²) in [6, 6.07) is 7.14. The predicted molar refractivity (Wildman–Crippen MR) is 111 cm³/mol. The van der Waals surface area contributed by atoms with Crippen LogP contribution >= 0.6 is 11.6 Å². The van der Waals surface area contributed by atoms with Gasteiger partial charge in [0, 0.05) is 23.1 Å². The first-order chi connectivity index (χ1) is 13.8. The van der Waals surface area contributed by atoms with E-state index >= 15 is 0 Å². The number of nitrogens with zero attached hydrogens (tertiary/aromatic N) is 1. The average molecular weight is 423 g/mol. The van der Waals surface area contributed by atoms with Crippen molar-refractivity contribution in [1.29, 1.82) is 0 Å². The van der Waals surface area contributed by atoms with Gasteiger partial charge in [-0.2, -0.15) is 0 Å². The maximum absolute atomic E-state index is 12.9. The number of ether oxygens (including phenoxy) is 1. The second-order valence-corrected chi connectivity index (χ2v) is 7.69. The van der Waals surface area contributed by atoms with E-state index in [1.54, 1.807) is 32.0 Å². The first-order valence-electron chi connectivity index (χ1n) is 9.74. The number of hydrogen-bond donors (Lipinski definition) is 2. The number of halogens is 1. The van der Waals surface area contributed by atoms with Crippen LogP contribution in [-0.4, -0.2) is 63.0 Å². The van der Waals surface area contributed by atoms with Gasteiger partial charge < -0.3 is 19.9 Å². The number of nitrogens with one attached hydrogen (secondary N) is 2. The Hall–Kier alpha value is -2.38. The third-order valence-electron chi connectivity index (χ3n) is 4.85. The summed E-state index contributed by atoms with van der Waals surface area (Å²) in [6.45, 7) is 4.77. The van der Waals surface area contributed by atoms with E-state index in [9.17, 15) is 14.4 Å². The van der Waals surface area contributed by atoms with E-state index in [-0.39, 0.29) is 31.4 Å². The van der Waals surface area contributed by atoms with Crippen LogP contribution < -0.4 is 10.2 Å². The number of hydrogen-bond acceptors (Lipinski definition) is 4. The SMILES string of the molecule is CCOC(=O)C1=C(C)N(CC(=O)NCC[NH+](C)C)C(=O)C[C@@H]1c1ccccc1Cl. The summed E-state index contributed by atoms with van der Waals surface area (Å²) in [5.41, 5.74) is 1.49. The zero-order valence-electron chi connectivity index (χ0n) is 17.4. The molecule has 7 nitrogen and oxygen atoms in total. The Kier molecular flexibility index (Phi) is 8.22. The van der Waals surface area contributed by atoms with Gasteiger partial charge in [0.2, 0.25) is 11.8 Å². The molecule has 1 aliphatic heterocycles. The zero-order chi connectivity index (χ0) is 21.6. The molecule has 29 heavy (non-hydrogen) atoms. The van der Waals surface area contributed by atoms with Crippen LogP contribution in [0.4, 0.5) is 0 Å². The normalized spacial score (nSPS) is 17.0. The van der Waals surface area contributed by atoms with Crippen molar-refractivity contribution < 1.29 is 24.0 Å². The summed E-state index contributed by atoms with van der Waals surface area (Å²) in [7, 11) is 3.99. The fraction of sp³-hybridized carbons (Fsp3) is 0.476. The number of benzene rings is 1. The molecule has 1 aliphatic rings. The first-order valence-corrected chi connectivity index (χ1v) is 10.1. The molecule has 0 bridgehead atoms. The average Bonchev–Trinajstić information content (AvgIpc) is 2.65. The van der Waals surface area contributed by atoms with Crippen molar-refractivity contribution in [3.63, 3.8) is 0 Å². The van der Waals surface area contributed by atoms with Crippen molar-refractivity contribution in [3.8, 4) is 0 Å². The minimum Gasteiger partial charge on any atom is -0.463 e. The second-order valence-electron chi connectivity index (χ2n) is 7.28. The molecule has 0 unspecified atom stereocenters. The van der Waals surface area contributed by atoms with Crippen LogP contribution in [-0.2, 0) is 19.1 Å². The van der Waals surface area contributed by atoms with Crippen molar-refractivity contribution >= 4 is 29.4 Å². The molecule has 0 aromatic heterocycles. The highest BCUT2D eigenvalue weighted by atomic mass is 35.5. The molecule has 0 aliphatic carbocycles. The predicted octanol–water partition coefficient (Wildman–Crippen LogP) is 0.754. The molecule has 0 fully saturated rings. The lowest BCUT2D eigenvalue weighted by Crippen LogP contribution is -3.06. The molecule has 1 atom stereocenters. The monoisotopic (exact) mass is 422 g/mol. The molecule has 0 spiro atoms. The lowest BCUT2D eigenvalue weighted by atomic mass is 9.83. The molecule has 0 saturated heterocycles. The minimum atomic E-state index is -0.507. The highest BCUT2D eigenvalue weighted by molar-refractivity contribution is 6.31. The molecule has 2 amide bonds. The number of rotatable bonds is 8. The summed E-state index contributed by atoms with van der Waals surface area (Å²) in [4.78, 5) is 40.5. The van der Waals surface area contributed by atoms with Crippen LogP contribution in [0.1, 0.15) is 31.7 Å². The number of carbonyl (C=O) groups is 3. The Morgan fingerprint density at radius 2 is 2.00 bits per heavy atom. The topological polar surface area (TPSA) is 80.2 Å². The third kappa shape index (κ3) is 5.81. The standard InChI is InChI=1S/C21H28ClN3O4/c1-5-29-21(28)20-14(2)25(13-18(26)23-10-11-24(3)4)19(27)12-16(20)15-8-6-7-9-17(15)22/h6-9,16H,5,10-13H2,1-4H3,(H,23,26)/p+1/t16-/m1/s1. The number of amides is 2. The van der Waals surface area contributed by atoms with Crippen LogP contribution in [0.25, 0.3) is 0 Å². The molecule has 0 saturated carbocycles. The molecule has 8 heteroatoms. The molecule has 0 radical (unpaired) electrons. The lowest BCUT2D eigenvalue weighted by molar-refractivity contribution is -0.856. The van der Waals surface area contributed by atoms with Gasteiger partial charge in [0.25, 0.3) is 0 Å². The fourth-order valence-electron chi connectivity index (χ4n) is 3.35. The molecule has 1 aromatic rings. The molecule has 1 aromatic carbocycles. The van der Waals surface area contributed by atoms with Gasteiger partial charge in [-0.25, -0.2) is 4.79 Å². The highest BCUT2D eigenvalue weighted by Gasteiger charge is 2.38. The van der Waals surface area contributed by atoms with Gasteiger partial charge in [-0.05, 0) is 25.5 Å². The van der Waals surface area contributed by atoms with Crippen LogP contribution in [0.2, 0.25) is 5.02 Å². The number of carbonyl (C=O) groups excluding carboxylic acids is 3. The first kappa shape index (κ1) is 22.9. The summed E-state index contributed by atoms with van der Waals surface area (Å²) in [6.07, 6.45) is 0.0460. The van der Waals surface area contributed by atoms with E-state index in [2.05, 4.69) is 5.32 Å². The maximum atomic E-state index is 12.9. The van der Waals surface area contributed by atoms with Crippen molar-refractivity contribution in [3.05, 3.63) is 46.1 Å². The Balaban J connectivity index is 2.33. The van der Waals surface area contributed by atoms with Crippen molar-refractivity contribution in [2.45, 2.75) is 26.2 Å². The van der Waals surface area contributed by atoms with Crippen LogP contribution in [0.5, 0.6) is 0 Å². The summed E-state index contributed by atoms with van der Waals surface area (Å²) in [5.74, 6) is -1.50. The molecular formula is C21H29ClN3O4+. The van der Waals surface area contributed by atoms with E-state index in [0.29, 0.717) is 28.4 Å². The molecule has 158 valence electrons. The fourth-order valence-corrected chi connectivity index (χ4v) is 3.62. The zero-order valence-corrected chi connectivity index (χ0v) is 18.1. The Morgan fingerprint density at radius 3 is 2.62 bits per heavy atom. The van der Waals surface area contributed by atoms with Gasteiger partial charge in [-0.3, -0.25) is 9.59 Å². The molecule has 1 heterocycles. The quantitative estimate of drug-likeness (QED) is 0.606. The summed E-state index contributed by atoms with van der Waals surface area (Å²) in [5, 5.41) is 3.29. The van der Waals surface area contributed by atoms with Gasteiger partial charge in [-0.15, -0.1) is 0 Å². The number of esters is 1. The number of likely N-dealkylation sites (N-methyl/N-ethyl adjacent to an activating group) is 1. The van der Waals surface area contributed by atoms with E-state index in [4.69, 9.17) is 16.3 Å². The smallest absolute Gasteiger partial charge is 0.336 e. The van der Waals surface area contributed by atoms with E-state index in [0.717, 1.165) is 6.54 Å². The van der Waals surface area contributed by atoms with Crippen molar-refractivity contribution in [2.24, 2.45) is 0 Å². The lowest BCUT2D eigenvalue weighted by Gasteiger charge is -2.34. The third-order valence-corrected chi connectivity index (χ3v) is 5.19. The van der Waals surface area contributed by atoms with Gasteiger partial charge in [0.1, 0.15) is 6.54 Å². The van der Waals surface area contributed by atoms with Crippen molar-refractivity contribution in [1.82, 2.24) is 10.2 Å². The van der Waals surface area contributed by atoms with E-state index in [1.165, 1.54) is 9.80 Å². The van der Waals surface area contributed by atoms with Crippen LogP contribution in [0.15, 0.2) is 35.5 Å². The number of quaternary nitrogens is 1. The van der Waals surface area contributed by atoms with E-state index < -0.39 is 11.9 Å². The highest BCUT2D eigenvalue weighted by Crippen LogP contribution is 2.39.